The molecule has 0 aromatic carbocycles. The first kappa shape index (κ1) is 15.4. The van der Waals surface area contributed by atoms with Gasteiger partial charge in [-0.15, -0.1) is 0 Å². The van der Waals surface area contributed by atoms with Crippen LogP contribution in [0.3, 0.4) is 0 Å². The van der Waals surface area contributed by atoms with Gasteiger partial charge in [-0.25, -0.2) is 4.79 Å². The molecule has 0 bridgehead atoms. The average molecular weight is 266 g/mol. The molecule has 1 rings (SSSR count). The molecule has 19 heavy (non-hydrogen) atoms. The van der Waals surface area contributed by atoms with Gasteiger partial charge in [-0.2, -0.15) is 0 Å². The molecule has 0 saturated heterocycles. The Bertz CT molecular complexity index is 563. The van der Waals surface area contributed by atoms with Gasteiger partial charge < -0.3 is 4.57 Å². The van der Waals surface area contributed by atoms with Crippen LogP contribution in [0.15, 0.2) is 15.8 Å². The second-order valence-electron chi connectivity index (χ2n) is 4.94. The number of ketones is 1. The molecule has 1 aromatic rings. The summed E-state index contributed by atoms with van der Waals surface area (Å²) in [4.78, 5) is 36.1. The van der Waals surface area contributed by atoms with Crippen molar-refractivity contribution in [1.82, 2.24) is 9.13 Å². The number of aryl methyl sites for hydroxylation is 1. The maximum atomic E-state index is 12.4. The monoisotopic (exact) mass is 266 g/mol. The van der Waals surface area contributed by atoms with Crippen LogP contribution < -0.4 is 11.2 Å². The fraction of sp³-hybridized carbons (Fsp3) is 0.643. The summed E-state index contributed by atoms with van der Waals surface area (Å²) in [6.07, 6.45) is 4.73. The summed E-state index contributed by atoms with van der Waals surface area (Å²) < 4.78 is 2.27. The average Bonchev–Trinajstić information content (AvgIpc) is 2.39. The maximum Gasteiger partial charge on any atom is 0.330 e. The topological polar surface area (TPSA) is 61.1 Å². The lowest BCUT2D eigenvalue weighted by Gasteiger charge is -2.14. The summed E-state index contributed by atoms with van der Waals surface area (Å²) in [6, 6.07) is 0. The Morgan fingerprint density at radius 2 is 1.68 bits per heavy atom. The first-order valence-corrected chi connectivity index (χ1v) is 6.74. The zero-order chi connectivity index (χ0) is 14.6. The van der Waals surface area contributed by atoms with Crippen LogP contribution in [0.25, 0.3) is 0 Å². The van der Waals surface area contributed by atoms with Gasteiger partial charge in [-0.05, 0) is 12.8 Å². The lowest BCUT2D eigenvalue weighted by molar-refractivity contribution is 0.0901. The summed E-state index contributed by atoms with van der Waals surface area (Å²) in [7, 11) is 2.95. The Hall–Kier alpha value is -1.65. The van der Waals surface area contributed by atoms with Crippen LogP contribution in [0.5, 0.6) is 0 Å². The largest absolute Gasteiger partial charge is 0.330 e. The number of rotatable bonds is 6. The number of carbonyl (C=O) groups excluding carboxylic acids is 1. The second kappa shape index (κ2) is 6.50. The van der Waals surface area contributed by atoms with E-state index in [1.54, 1.807) is 7.05 Å². The van der Waals surface area contributed by atoms with Gasteiger partial charge >= 0.3 is 5.69 Å². The third kappa shape index (κ3) is 3.22. The van der Waals surface area contributed by atoms with Crippen LogP contribution in [-0.4, -0.2) is 14.9 Å². The van der Waals surface area contributed by atoms with Crippen LogP contribution in [0.2, 0.25) is 0 Å². The molecule has 0 spiro atoms. The molecule has 0 fully saturated rings. The quantitative estimate of drug-likeness (QED) is 0.733. The molecule has 1 heterocycles. The van der Waals surface area contributed by atoms with Crippen LogP contribution in [-0.2, 0) is 14.1 Å². The lowest BCUT2D eigenvalue weighted by Crippen LogP contribution is -2.40. The Kier molecular flexibility index (Phi) is 5.27. The summed E-state index contributed by atoms with van der Waals surface area (Å²) in [6.45, 7) is 4.05. The standard InChI is InChI=1S/C14H22N2O3/c1-5-7-10(8-6-2)12(17)11-9-15(3)14(19)16(4)13(11)18/h9-10H,5-8H2,1-4H3. The van der Waals surface area contributed by atoms with Crippen molar-refractivity contribution >= 4 is 5.78 Å². The van der Waals surface area contributed by atoms with Crippen molar-refractivity contribution in [3.05, 3.63) is 32.6 Å². The smallest absolute Gasteiger partial charge is 0.303 e. The number of hydrogen-bond acceptors (Lipinski definition) is 3. The van der Waals surface area contributed by atoms with Crippen LogP contribution in [0.4, 0.5) is 0 Å². The van der Waals surface area contributed by atoms with Crippen molar-refractivity contribution in [3.63, 3.8) is 0 Å². The number of nitrogens with zero attached hydrogens (tertiary/aromatic N) is 2. The van der Waals surface area contributed by atoms with Gasteiger partial charge in [0.2, 0.25) is 0 Å². The van der Waals surface area contributed by atoms with Crippen molar-refractivity contribution in [2.75, 3.05) is 0 Å². The lowest BCUT2D eigenvalue weighted by atomic mass is 9.91. The molecule has 0 aliphatic rings. The Morgan fingerprint density at radius 3 is 2.16 bits per heavy atom. The Labute approximate surface area is 112 Å². The first-order valence-electron chi connectivity index (χ1n) is 6.74. The third-order valence-corrected chi connectivity index (χ3v) is 3.36. The minimum atomic E-state index is -0.495. The second-order valence-corrected chi connectivity index (χ2v) is 4.94. The summed E-state index contributed by atoms with van der Waals surface area (Å²) in [5.74, 6) is -0.264. The maximum absolute atomic E-state index is 12.4. The van der Waals surface area contributed by atoms with E-state index < -0.39 is 11.2 Å². The molecule has 1 aromatic heterocycles. The number of carbonyl (C=O) groups is 1. The van der Waals surface area contributed by atoms with Crippen molar-refractivity contribution in [3.8, 4) is 0 Å². The molecule has 0 unspecified atom stereocenters. The fourth-order valence-corrected chi connectivity index (χ4v) is 2.30. The van der Waals surface area contributed by atoms with E-state index in [0.29, 0.717) is 0 Å². The van der Waals surface area contributed by atoms with Gasteiger partial charge in [-0.1, -0.05) is 26.7 Å². The van der Waals surface area contributed by atoms with Gasteiger partial charge in [0.05, 0.1) is 5.56 Å². The van der Waals surface area contributed by atoms with Gasteiger partial charge in [0.15, 0.2) is 5.78 Å². The van der Waals surface area contributed by atoms with Crippen LogP contribution in [0, 0.1) is 5.92 Å². The predicted molar refractivity (Wildman–Crippen MR) is 74.6 cm³/mol. The summed E-state index contributed by atoms with van der Waals surface area (Å²) in [5.41, 5.74) is -0.786. The molecule has 0 saturated carbocycles. The summed E-state index contributed by atoms with van der Waals surface area (Å²) in [5, 5.41) is 0. The van der Waals surface area contributed by atoms with E-state index in [4.69, 9.17) is 0 Å². The summed E-state index contributed by atoms with van der Waals surface area (Å²) >= 11 is 0. The minimum Gasteiger partial charge on any atom is -0.303 e. The molecule has 5 heteroatoms. The van der Waals surface area contributed by atoms with Crippen molar-refractivity contribution in [2.45, 2.75) is 39.5 Å². The fourth-order valence-electron chi connectivity index (χ4n) is 2.30. The van der Waals surface area contributed by atoms with Crippen molar-refractivity contribution < 1.29 is 4.79 Å². The SMILES string of the molecule is CCCC(CCC)C(=O)c1cn(C)c(=O)n(C)c1=O. The number of hydrogen-bond donors (Lipinski definition) is 0. The van der Waals surface area contributed by atoms with Gasteiger partial charge in [0, 0.05) is 26.2 Å². The first-order chi connectivity index (χ1) is 8.93. The normalized spacial score (nSPS) is 11.0. The van der Waals surface area contributed by atoms with Crippen molar-refractivity contribution in [1.29, 1.82) is 0 Å². The molecule has 0 atom stereocenters. The van der Waals surface area contributed by atoms with Gasteiger partial charge in [-0.3, -0.25) is 14.2 Å². The molecule has 5 nitrogen and oxygen atoms in total. The van der Waals surface area contributed by atoms with E-state index in [2.05, 4.69) is 0 Å². The molecule has 0 amide bonds. The Morgan fingerprint density at radius 1 is 1.16 bits per heavy atom. The Balaban J connectivity index is 3.26. The van der Waals surface area contributed by atoms with Crippen LogP contribution >= 0.6 is 0 Å². The van der Waals surface area contributed by atoms with E-state index in [0.717, 1.165) is 30.3 Å². The van der Waals surface area contributed by atoms with E-state index in [-0.39, 0.29) is 17.3 Å². The van der Waals surface area contributed by atoms with Gasteiger partial charge in [0.1, 0.15) is 0 Å². The molecule has 0 aliphatic heterocycles. The highest BCUT2D eigenvalue weighted by Crippen LogP contribution is 2.17. The van der Waals surface area contributed by atoms with E-state index in [1.165, 1.54) is 17.8 Å². The molecular weight excluding hydrogens is 244 g/mol. The highest BCUT2D eigenvalue weighted by Gasteiger charge is 2.22. The molecule has 0 N–H and O–H groups in total. The number of Topliss-reactive ketones (excluding diaryl/α,β-unsaturated/α-hetero) is 1. The highest BCUT2D eigenvalue weighted by atomic mass is 16.2. The van der Waals surface area contributed by atoms with Crippen molar-refractivity contribution in [2.24, 2.45) is 20.0 Å². The zero-order valence-electron chi connectivity index (χ0n) is 12.1. The molecule has 0 aliphatic carbocycles. The molecule has 0 radical (unpaired) electrons. The van der Waals surface area contributed by atoms with Crippen LogP contribution in [0.1, 0.15) is 49.9 Å². The zero-order valence-corrected chi connectivity index (χ0v) is 12.1. The predicted octanol–water partition coefficient (Wildman–Crippen LogP) is 1.48. The minimum absolute atomic E-state index is 0.122. The van der Waals surface area contributed by atoms with E-state index >= 15 is 0 Å². The third-order valence-electron chi connectivity index (χ3n) is 3.36. The van der Waals surface area contributed by atoms with Gasteiger partial charge in [0.25, 0.3) is 5.56 Å². The highest BCUT2D eigenvalue weighted by molar-refractivity contribution is 5.97. The molecule has 106 valence electrons. The molecular formula is C14H22N2O3. The number of aromatic nitrogens is 2. The van der Waals surface area contributed by atoms with E-state index in [9.17, 15) is 14.4 Å². The van der Waals surface area contributed by atoms with E-state index in [1.807, 2.05) is 13.8 Å².